The van der Waals surface area contributed by atoms with Gasteiger partial charge in [-0.25, -0.2) is 0 Å². The number of carbonyl (C=O) groups is 2. The van der Waals surface area contributed by atoms with Gasteiger partial charge in [0.1, 0.15) is 5.69 Å². The molecule has 1 aromatic heterocycles. The van der Waals surface area contributed by atoms with Gasteiger partial charge < -0.3 is 10.0 Å². The number of rotatable bonds is 2. The van der Waals surface area contributed by atoms with E-state index in [1.165, 1.54) is 0 Å². The van der Waals surface area contributed by atoms with Crippen LogP contribution in [0, 0.1) is 11.8 Å². The molecule has 2 unspecified atom stereocenters. The van der Waals surface area contributed by atoms with E-state index < -0.39 is 11.9 Å². The molecule has 0 bridgehead atoms. The van der Waals surface area contributed by atoms with Gasteiger partial charge in [-0.1, -0.05) is 31.2 Å². The third-order valence-corrected chi connectivity index (χ3v) is 4.09. The van der Waals surface area contributed by atoms with E-state index in [1.807, 2.05) is 37.3 Å². The fourth-order valence-corrected chi connectivity index (χ4v) is 2.89. The van der Waals surface area contributed by atoms with Gasteiger partial charge in [-0.05, 0) is 17.4 Å². The molecule has 1 aliphatic rings. The Kier molecular flexibility index (Phi) is 3.33. The van der Waals surface area contributed by atoms with Crippen molar-refractivity contribution in [2.45, 2.75) is 6.92 Å². The molecule has 2 heterocycles. The molecule has 3 rings (SSSR count). The molecule has 5 heteroatoms. The Balaban J connectivity index is 1.93. The number of aliphatic carboxylic acids is 1. The zero-order valence-electron chi connectivity index (χ0n) is 11.7. The van der Waals surface area contributed by atoms with Gasteiger partial charge in [-0.2, -0.15) is 0 Å². The Bertz CT molecular complexity index is 708. The molecule has 1 saturated heterocycles. The summed E-state index contributed by atoms with van der Waals surface area (Å²) >= 11 is 0. The summed E-state index contributed by atoms with van der Waals surface area (Å²) in [4.78, 5) is 29.6. The van der Waals surface area contributed by atoms with Crippen LogP contribution < -0.4 is 0 Å². The lowest BCUT2D eigenvalue weighted by Crippen LogP contribution is -2.30. The third-order valence-electron chi connectivity index (χ3n) is 4.09. The van der Waals surface area contributed by atoms with E-state index in [9.17, 15) is 14.7 Å². The molecule has 0 radical (unpaired) electrons. The first-order valence-electron chi connectivity index (χ1n) is 6.93. The zero-order valence-corrected chi connectivity index (χ0v) is 11.7. The molecule has 0 aliphatic carbocycles. The molecular weight excluding hydrogens is 268 g/mol. The number of benzene rings is 1. The predicted octanol–water partition coefficient (Wildman–Crippen LogP) is 2.03. The summed E-state index contributed by atoms with van der Waals surface area (Å²) in [5.41, 5.74) is 0.395. The van der Waals surface area contributed by atoms with Crippen LogP contribution in [0.1, 0.15) is 17.4 Å². The zero-order chi connectivity index (χ0) is 15.0. The lowest BCUT2D eigenvalue weighted by molar-refractivity contribution is -0.142. The average Bonchev–Trinajstić information content (AvgIpc) is 2.88. The monoisotopic (exact) mass is 284 g/mol. The molecule has 5 nitrogen and oxygen atoms in total. The standard InChI is InChI=1S/C16H16N2O3/c1-10-8-18(9-13(10)16(20)21)15(19)14-12-5-3-2-4-11(12)6-7-17-14/h2-7,10,13H,8-9H2,1H3,(H,20,21). The number of fused-ring (bicyclic) bond motifs is 1. The topological polar surface area (TPSA) is 70.5 Å². The van der Waals surface area contributed by atoms with Crippen molar-refractivity contribution in [3.8, 4) is 0 Å². The molecule has 1 amide bonds. The van der Waals surface area contributed by atoms with Crippen LogP contribution in [-0.2, 0) is 4.79 Å². The molecule has 1 aromatic carbocycles. The van der Waals surface area contributed by atoms with Crippen LogP contribution in [0.15, 0.2) is 36.5 Å². The van der Waals surface area contributed by atoms with Crippen LogP contribution in [0.4, 0.5) is 0 Å². The Hall–Kier alpha value is -2.43. The van der Waals surface area contributed by atoms with Crippen molar-refractivity contribution in [1.29, 1.82) is 0 Å². The van der Waals surface area contributed by atoms with Crippen molar-refractivity contribution in [1.82, 2.24) is 9.88 Å². The number of carbonyl (C=O) groups excluding carboxylic acids is 1. The maximum atomic E-state index is 12.6. The molecule has 2 atom stereocenters. The minimum Gasteiger partial charge on any atom is -0.481 e. The Morgan fingerprint density at radius 2 is 2.00 bits per heavy atom. The number of amides is 1. The van der Waals surface area contributed by atoms with Crippen molar-refractivity contribution in [3.05, 3.63) is 42.2 Å². The van der Waals surface area contributed by atoms with Crippen LogP contribution >= 0.6 is 0 Å². The first-order chi connectivity index (χ1) is 10.1. The molecule has 1 N–H and O–H groups in total. The van der Waals surface area contributed by atoms with Crippen LogP contribution in [0.2, 0.25) is 0 Å². The van der Waals surface area contributed by atoms with E-state index >= 15 is 0 Å². The second-order valence-corrected chi connectivity index (χ2v) is 5.51. The van der Waals surface area contributed by atoms with Crippen molar-refractivity contribution < 1.29 is 14.7 Å². The third kappa shape index (κ3) is 2.35. The van der Waals surface area contributed by atoms with Crippen molar-refractivity contribution in [2.75, 3.05) is 13.1 Å². The highest BCUT2D eigenvalue weighted by atomic mass is 16.4. The Labute approximate surface area is 122 Å². The molecule has 1 aliphatic heterocycles. The van der Waals surface area contributed by atoms with E-state index in [-0.39, 0.29) is 18.4 Å². The maximum Gasteiger partial charge on any atom is 0.308 e. The van der Waals surface area contributed by atoms with Crippen molar-refractivity contribution >= 4 is 22.6 Å². The number of carboxylic acids is 1. The van der Waals surface area contributed by atoms with Gasteiger partial charge in [0.25, 0.3) is 5.91 Å². The number of pyridine rings is 1. The van der Waals surface area contributed by atoms with E-state index in [0.29, 0.717) is 12.2 Å². The maximum absolute atomic E-state index is 12.6. The first kappa shape index (κ1) is 13.5. The van der Waals surface area contributed by atoms with Gasteiger partial charge in [0, 0.05) is 24.7 Å². The highest BCUT2D eigenvalue weighted by Crippen LogP contribution is 2.26. The van der Waals surface area contributed by atoms with Crippen LogP contribution in [0.5, 0.6) is 0 Å². The Morgan fingerprint density at radius 1 is 1.24 bits per heavy atom. The number of likely N-dealkylation sites (tertiary alicyclic amines) is 1. The molecule has 2 aromatic rings. The van der Waals surface area contributed by atoms with E-state index in [0.717, 1.165) is 10.8 Å². The largest absolute Gasteiger partial charge is 0.481 e. The van der Waals surface area contributed by atoms with Crippen molar-refractivity contribution in [3.63, 3.8) is 0 Å². The van der Waals surface area contributed by atoms with Crippen LogP contribution in [0.3, 0.4) is 0 Å². The SMILES string of the molecule is CC1CN(C(=O)c2nccc3ccccc23)CC1C(=O)O. The van der Waals surface area contributed by atoms with E-state index in [1.54, 1.807) is 11.1 Å². The van der Waals surface area contributed by atoms with Crippen molar-refractivity contribution in [2.24, 2.45) is 11.8 Å². The number of hydrogen-bond acceptors (Lipinski definition) is 3. The van der Waals surface area contributed by atoms with E-state index in [4.69, 9.17) is 0 Å². The normalized spacial score (nSPS) is 21.7. The summed E-state index contributed by atoms with van der Waals surface area (Å²) in [6, 6.07) is 9.44. The fraction of sp³-hybridized carbons (Fsp3) is 0.312. The van der Waals surface area contributed by atoms with Gasteiger partial charge in [-0.3, -0.25) is 14.6 Å². The van der Waals surface area contributed by atoms with Gasteiger partial charge in [-0.15, -0.1) is 0 Å². The summed E-state index contributed by atoms with van der Waals surface area (Å²) in [7, 11) is 0. The van der Waals surface area contributed by atoms with Gasteiger partial charge in [0.05, 0.1) is 5.92 Å². The quantitative estimate of drug-likeness (QED) is 0.916. The van der Waals surface area contributed by atoms with Crippen LogP contribution in [0.25, 0.3) is 10.8 Å². The predicted molar refractivity (Wildman–Crippen MR) is 77.9 cm³/mol. The molecule has 108 valence electrons. The molecule has 1 fully saturated rings. The lowest BCUT2D eigenvalue weighted by Gasteiger charge is -2.16. The summed E-state index contributed by atoms with van der Waals surface area (Å²) < 4.78 is 0. The minimum absolute atomic E-state index is 0.0403. The number of hydrogen-bond donors (Lipinski definition) is 1. The fourth-order valence-electron chi connectivity index (χ4n) is 2.89. The van der Waals surface area contributed by atoms with Gasteiger partial charge >= 0.3 is 5.97 Å². The minimum atomic E-state index is -0.844. The van der Waals surface area contributed by atoms with Crippen LogP contribution in [-0.4, -0.2) is 40.0 Å². The lowest BCUT2D eigenvalue weighted by atomic mass is 9.99. The second-order valence-electron chi connectivity index (χ2n) is 5.51. The number of carboxylic acid groups (broad SMARTS) is 1. The number of nitrogens with zero attached hydrogens (tertiary/aromatic N) is 2. The number of aromatic nitrogens is 1. The molecular formula is C16H16N2O3. The molecule has 0 spiro atoms. The Morgan fingerprint density at radius 3 is 2.71 bits per heavy atom. The summed E-state index contributed by atoms with van der Waals surface area (Å²) in [6.07, 6.45) is 1.61. The summed E-state index contributed by atoms with van der Waals surface area (Å²) in [6.45, 7) is 2.57. The average molecular weight is 284 g/mol. The molecule has 21 heavy (non-hydrogen) atoms. The highest BCUT2D eigenvalue weighted by molar-refractivity contribution is 6.05. The smallest absolute Gasteiger partial charge is 0.308 e. The highest BCUT2D eigenvalue weighted by Gasteiger charge is 2.37. The van der Waals surface area contributed by atoms with Gasteiger partial charge in [0.2, 0.25) is 0 Å². The summed E-state index contributed by atoms with van der Waals surface area (Å²) in [5, 5.41) is 10.9. The first-order valence-corrected chi connectivity index (χ1v) is 6.93. The molecule has 0 saturated carbocycles. The van der Waals surface area contributed by atoms with Gasteiger partial charge in [0.15, 0.2) is 0 Å². The second kappa shape index (κ2) is 5.16. The van der Waals surface area contributed by atoms with E-state index in [2.05, 4.69) is 4.98 Å². The summed E-state index contributed by atoms with van der Waals surface area (Å²) in [5.74, 6) is -1.57.